The van der Waals surface area contributed by atoms with E-state index < -0.39 is 4.92 Å². The number of hydrogen-bond donors (Lipinski definition) is 1. The van der Waals surface area contributed by atoms with Gasteiger partial charge in [-0.1, -0.05) is 33.6 Å². The summed E-state index contributed by atoms with van der Waals surface area (Å²) in [5, 5.41) is 14.2. The number of nitrogens with zero attached hydrogens (tertiary/aromatic N) is 1. The van der Waals surface area contributed by atoms with Crippen molar-refractivity contribution in [3.8, 4) is 0 Å². The normalized spacial score (nSPS) is 10.3. The Morgan fingerprint density at radius 3 is 2.68 bits per heavy atom. The van der Waals surface area contributed by atoms with Gasteiger partial charge in [0.15, 0.2) is 0 Å². The van der Waals surface area contributed by atoms with Gasteiger partial charge in [-0.05, 0) is 42.8 Å². The van der Waals surface area contributed by atoms with Crippen LogP contribution in [0.25, 0.3) is 0 Å². The van der Waals surface area contributed by atoms with Gasteiger partial charge in [0.1, 0.15) is 10.7 Å². The summed E-state index contributed by atoms with van der Waals surface area (Å²) in [7, 11) is 0. The van der Waals surface area contributed by atoms with Gasteiger partial charge < -0.3 is 5.32 Å². The highest BCUT2D eigenvalue weighted by molar-refractivity contribution is 9.10. The molecular weight excluding hydrogens is 332 g/mol. The quantitative estimate of drug-likeness (QED) is 0.627. The van der Waals surface area contributed by atoms with Gasteiger partial charge in [0.05, 0.1) is 4.92 Å². The van der Waals surface area contributed by atoms with Crippen molar-refractivity contribution < 1.29 is 4.92 Å². The van der Waals surface area contributed by atoms with Crippen LogP contribution in [0, 0.1) is 17.0 Å². The highest BCUT2D eigenvalue weighted by Crippen LogP contribution is 2.34. The molecule has 2 rings (SSSR count). The molecule has 4 nitrogen and oxygen atoms in total. The van der Waals surface area contributed by atoms with E-state index in [2.05, 4.69) is 21.2 Å². The molecule has 19 heavy (non-hydrogen) atoms. The minimum Gasteiger partial charge on any atom is -0.350 e. The van der Waals surface area contributed by atoms with Crippen LogP contribution in [0.3, 0.4) is 0 Å². The van der Waals surface area contributed by atoms with E-state index >= 15 is 0 Å². The third kappa shape index (κ3) is 3.05. The van der Waals surface area contributed by atoms with Gasteiger partial charge in [-0.2, -0.15) is 0 Å². The molecule has 0 saturated heterocycles. The number of nitro groups is 1. The van der Waals surface area contributed by atoms with Crippen LogP contribution in [0.4, 0.5) is 17.1 Å². The molecule has 98 valence electrons. The molecule has 0 aromatic heterocycles. The van der Waals surface area contributed by atoms with Crippen LogP contribution in [0.15, 0.2) is 40.9 Å². The minimum absolute atomic E-state index is 0.115. The Hall–Kier alpha value is -1.59. The molecule has 2 aromatic rings. The van der Waals surface area contributed by atoms with Gasteiger partial charge in [-0.15, -0.1) is 0 Å². The van der Waals surface area contributed by atoms with Gasteiger partial charge >= 0.3 is 5.69 Å². The molecule has 0 unspecified atom stereocenters. The van der Waals surface area contributed by atoms with E-state index in [1.807, 2.05) is 25.1 Å². The summed E-state index contributed by atoms with van der Waals surface area (Å²) in [4.78, 5) is 10.5. The van der Waals surface area contributed by atoms with E-state index in [0.29, 0.717) is 5.69 Å². The molecule has 0 heterocycles. The van der Waals surface area contributed by atoms with E-state index in [1.54, 1.807) is 12.1 Å². The lowest BCUT2D eigenvalue weighted by Gasteiger charge is -2.09. The third-order valence-electron chi connectivity index (χ3n) is 2.61. The van der Waals surface area contributed by atoms with E-state index in [0.717, 1.165) is 15.7 Å². The van der Waals surface area contributed by atoms with Crippen LogP contribution < -0.4 is 5.32 Å². The maximum Gasteiger partial charge on any atom is 0.311 e. The van der Waals surface area contributed by atoms with Crippen LogP contribution in [0.1, 0.15) is 5.56 Å². The standard InChI is InChI=1S/C13H10BrClN2O2/c1-8-7-9(5-6-10(8)14)16-12-4-2-3-11(15)13(12)17(18)19/h2-7,16H,1H3. The van der Waals surface area contributed by atoms with Crippen LogP contribution in [-0.4, -0.2) is 4.92 Å². The van der Waals surface area contributed by atoms with Gasteiger partial charge in [0.2, 0.25) is 0 Å². The molecule has 0 spiro atoms. The van der Waals surface area contributed by atoms with Crippen LogP contribution in [0.2, 0.25) is 5.02 Å². The van der Waals surface area contributed by atoms with Crippen molar-refractivity contribution in [2.45, 2.75) is 6.92 Å². The van der Waals surface area contributed by atoms with E-state index in [-0.39, 0.29) is 10.7 Å². The van der Waals surface area contributed by atoms with Crippen molar-refractivity contribution in [1.82, 2.24) is 0 Å². The second kappa shape index (κ2) is 5.59. The number of hydrogen-bond acceptors (Lipinski definition) is 3. The van der Waals surface area contributed by atoms with Gasteiger partial charge in [0, 0.05) is 10.2 Å². The van der Waals surface area contributed by atoms with Crippen LogP contribution >= 0.6 is 27.5 Å². The molecule has 0 atom stereocenters. The second-order valence-electron chi connectivity index (χ2n) is 3.98. The summed E-state index contributed by atoms with van der Waals surface area (Å²) in [6.07, 6.45) is 0. The van der Waals surface area contributed by atoms with Crippen molar-refractivity contribution >= 4 is 44.6 Å². The smallest absolute Gasteiger partial charge is 0.311 e. The largest absolute Gasteiger partial charge is 0.350 e. The summed E-state index contributed by atoms with van der Waals surface area (Å²) in [5.41, 5.74) is 2.06. The predicted octanol–water partition coefficient (Wildman–Crippen LogP) is 5.06. The second-order valence-corrected chi connectivity index (χ2v) is 5.24. The summed E-state index contributed by atoms with van der Waals surface area (Å²) in [6.45, 7) is 1.95. The van der Waals surface area contributed by atoms with E-state index in [4.69, 9.17) is 11.6 Å². The number of nitrogens with one attached hydrogen (secondary N) is 1. The molecule has 2 aromatic carbocycles. The topological polar surface area (TPSA) is 55.2 Å². The average molecular weight is 342 g/mol. The first-order valence-electron chi connectivity index (χ1n) is 5.45. The predicted molar refractivity (Wildman–Crippen MR) is 80.3 cm³/mol. The average Bonchev–Trinajstić information content (AvgIpc) is 2.33. The van der Waals surface area contributed by atoms with Gasteiger partial charge in [-0.3, -0.25) is 10.1 Å². The highest BCUT2D eigenvalue weighted by atomic mass is 79.9. The molecule has 6 heteroatoms. The number of rotatable bonds is 3. The minimum atomic E-state index is -0.490. The van der Waals surface area contributed by atoms with Crippen LogP contribution in [0.5, 0.6) is 0 Å². The molecule has 0 aliphatic heterocycles. The first-order valence-corrected chi connectivity index (χ1v) is 6.62. The number of para-hydroxylation sites is 1. The molecule has 0 aliphatic rings. The maximum atomic E-state index is 11.0. The first-order chi connectivity index (χ1) is 8.99. The molecule has 0 amide bonds. The summed E-state index contributed by atoms with van der Waals surface area (Å²) >= 11 is 9.26. The third-order valence-corrected chi connectivity index (χ3v) is 3.80. The molecule has 0 bridgehead atoms. The Morgan fingerprint density at radius 2 is 2.05 bits per heavy atom. The Labute approximate surface area is 123 Å². The zero-order chi connectivity index (χ0) is 14.0. The van der Waals surface area contributed by atoms with Crippen molar-refractivity contribution in [3.05, 3.63) is 61.6 Å². The molecule has 0 aliphatic carbocycles. The van der Waals surface area contributed by atoms with Crippen molar-refractivity contribution in [2.75, 3.05) is 5.32 Å². The fourth-order valence-corrected chi connectivity index (χ4v) is 2.17. The van der Waals surface area contributed by atoms with Gasteiger partial charge in [-0.25, -0.2) is 0 Å². The zero-order valence-electron chi connectivity index (χ0n) is 9.98. The number of anilines is 2. The summed E-state index contributed by atoms with van der Waals surface area (Å²) < 4.78 is 0.985. The number of aryl methyl sites for hydroxylation is 1. The Balaban J connectivity index is 2.40. The molecule has 0 radical (unpaired) electrons. The first kappa shape index (κ1) is 13.8. The molecular formula is C13H10BrClN2O2. The van der Waals surface area contributed by atoms with Crippen molar-refractivity contribution in [2.24, 2.45) is 0 Å². The number of halogens is 2. The lowest BCUT2D eigenvalue weighted by atomic mass is 10.2. The molecule has 1 N–H and O–H groups in total. The summed E-state index contributed by atoms with van der Waals surface area (Å²) in [5.74, 6) is 0. The number of benzene rings is 2. The fraction of sp³-hybridized carbons (Fsp3) is 0.0769. The fourth-order valence-electron chi connectivity index (χ4n) is 1.68. The van der Waals surface area contributed by atoms with E-state index in [9.17, 15) is 10.1 Å². The molecule has 0 saturated carbocycles. The van der Waals surface area contributed by atoms with Crippen molar-refractivity contribution in [1.29, 1.82) is 0 Å². The summed E-state index contributed by atoms with van der Waals surface area (Å²) in [6, 6.07) is 10.4. The SMILES string of the molecule is Cc1cc(Nc2cccc(Cl)c2[N+](=O)[O-])ccc1Br. The number of nitro benzene ring substituents is 1. The Kier molecular flexibility index (Phi) is 4.07. The lowest BCUT2D eigenvalue weighted by molar-refractivity contribution is -0.383. The lowest BCUT2D eigenvalue weighted by Crippen LogP contribution is -1.98. The van der Waals surface area contributed by atoms with Crippen LogP contribution in [-0.2, 0) is 0 Å². The van der Waals surface area contributed by atoms with Crippen molar-refractivity contribution in [3.63, 3.8) is 0 Å². The van der Waals surface area contributed by atoms with Gasteiger partial charge in [0.25, 0.3) is 0 Å². The molecule has 0 fully saturated rings. The Morgan fingerprint density at radius 1 is 1.32 bits per heavy atom. The highest BCUT2D eigenvalue weighted by Gasteiger charge is 2.18. The van der Waals surface area contributed by atoms with E-state index in [1.165, 1.54) is 6.07 Å². The monoisotopic (exact) mass is 340 g/mol. The zero-order valence-corrected chi connectivity index (χ0v) is 12.3. The maximum absolute atomic E-state index is 11.0. The Bertz CT molecular complexity index is 647.